The summed E-state index contributed by atoms with van der Waals surface area (Å²) in [6, 6.07) is 21.1. The maximum atomic E-state index is 14.3. The number of nitrogens with zero attached hydrogens (tertiary/aromatic N) is 4. The van der Waals surface area contributed by atoms with Gasteiger partial charge in [0.15, 0.2) is 6.61 Å². The molecule has 2 amide bonds. The number of thiophene rings is 1. The Kier molecular flexibility index (Phi) is 8.02. The molecule has 11 nitrogen and oxygen atoms in total. The predicted molar refractivity (Wildman–Crippen MR) is 179 cm³/mol. The van der Waals surface area contributed by atoms with Crippen molar-refractivity contribution < 1.29 is 29.4 Å². The highest BCUT2D eigenvalue weighted by Crippen LogP contribution is 2.44. The Labute approximate surface area is 275 Å². The maximum absolute atomic E-state index is 14.3. The number of aryl methyl sites for hydroxylation is 1. The summed E-state index contributed by atoms with van der Waals surface area (Å²) in [6.07, 6.45) is 6.56. The number of carbonyl (C=O) groups is 2. The van der Waals surface area contributed by atoms with Gasteiger partial charge in [-0.25, -0.2) is 9.59 Å². The van der Waals surface area contributed by atoms with Crippen molar-refractivity contribution in [2.24, 2.45) is 0 Å². The van der Waals surface area contributed by atoms with Crippen molar-refractivity contribution in [2.45, 2.75) is 38.3 Å². The molecule has 12 heteroatoms. The van der Waals surface area contributed by atoms with Gasteiger partial charge in [0, 0.05) is 54.2 Å². The van der Waals surface area contributed by atoms with Gasteiger partial charge < -0.3 is 39.5 Å². The van der Waals surface area contributed by atoms with E-state index in [-0.39, 0.29) is 12.1 Å². The van der Waals surface area contributed by atoms with E-state index in [4.69, 9.17) is 9.57 Å². The number of urea groups is 1. The van der Waals surface area contributed by atoms with E-state index >= 15 is 0 Å². The van der Waals surface area contributed by atoms with Gasteiger partial charge >= 0.3 is 12.0 Å². The fourth-order valence-electron chi connectivity index (χ4n) is 6.29. The summed E-state index contributed by atoms with van der Waals surface area (Å²) in [7, 11) is 4.02. The maximum Gasteiger partial charge on any atom is 0.370 e. The molecule has 0 spiro atoms. The fraction of sp³-hybridized carbons (Fsp3) is 0.257. The predicted octanol–water partition coefficient (Wildman–Crippen LogP) is 5.87. The van der Waals surface area contributed by atoms with Crippen molar-refractivity contribution in [2.75, 3.05) is 30.9 Å². The molecule has 1 aliphatic heterocycles. The minimum atomic E-state index is -0.824. The lowest BCUT2D eigenvalue weighted by Gasteiger charge is -2.31. The number of fused-ring (bicyclic) bond motifs is 5. The van der Waals surface area contributed by atoms with E-state index < -0.39 is 24.3 Å². The molecular formula is C35H35N5O6S. The molecule has 4 heterocycles. The smallest absolute Gasteiger partial charge is 0.370 e. The van der Waals surface area contributed by atoms with Crippen LogP contribution in [0.3, 0.4) is 0 Å². The zero-order valence-corrected chi connectivity index (χ0v) is 26.9. The Bertz CT molecular complexity index is 1900. The van der Waals surface area contributed by atoms with Gasteiger partial charge in [-0.15, -0.1) is 16.1 Å². The zero-order chi connectivity index (χ0) is 32.7. The van der Waals surface area contributed by atoms with Crippen LogP contribution in [0.4, 0.5) is 16.2 Å². The molecule has 2 aliphatic rings. The first kappa shape index (κ1) is 30.3. The number of benzene rings is 2. The van der Waals surface area contributed by atoms with Crippen molar-refractivity contribution in [1.82, 2.24) is 14.2 Å². The zero-order valence-electron chi connectivity index (χ0n) is 26.1. The Morgan fingerprint density at radius 3 is 2.38 bits per heavy atom. The van der Waals surface area contributed by atoms with E-state index in [0.717, 1.165) is 36.2 Å². The molecule has 0 fully saturated rings. The Morgan fingerprint density at radius 1 is 0.936 bits per heavy atom. The SMILES string of the molecule is CN(C)c1ccc(C2c3cccn3-c3sc4c(c3CN2C(=O)Nc2ccc(OCC(=O)On3c(O)ccc3O)cc2)CCCC4)cc1. The van der Waals surface area contributed by atoms with E-state index in [0.29, 0.717) is 22.7 Å². The van der Waals surface area contributed by atoms with E-state index in [1.165, 1.54) is 39.6 Å². The third kappa shape index (κ3) is 5.87. The second-order valence-electron chi connectivity index (χ2n) is 11.9. The molecule has 0 radical (unpaired) electrons. The van der Waals surface area contributed by atoms with Crippen LogP contribution in [0.2, 0.25) is 0 Å². The topological polar surface area (TPSA) is 121 Å². The molecule has 0 saturated heterocycles. The third-order valence-electron chi connectivity index (χ3n) is 8.62. The molecular weight excluding hydrogens is 618 g/mol. The van der Waals surface area contributed by atoms with Crippen LogP contribution in [-0.4, -0.2) is 57.1 Å². The summed E-state index contributed by atoms with van der Waals surface area (Å²) >= 11 is 1.86. The highest BCUT2D eigenvalue weighted by atomic mass is 32.1. The highest BCUT2D eigenvalue weighted by Gasteiger charge is 2.36. The van der Waals surface area contributed by atoms with Gasteiger partial charge in [0.1, 0.15) is 10.8 Å². The van der Waals surface area contributed by atoms with Gasteiger partial charge in [0.05, 0.1) is 18.3 Å². The monoisotopic (exact) mass is 653 g/mol. The van der Waals surface area contributed by atoms with Crippen molar-refractivity contribution in [3.05, 3.63) is 106 Å². The molecule has 7 rings (SSSR count). The second-order valence-corrected chi connectivity index (χ2v) is 12.9. The van der Waals surface area contributed by atoms with Crippen LogP contribution in [0, 0.1) is 0 Å². The lowest BCUT2D eigenvalue weighted by Crippen LogP contribution is -2.38. The molecule has 0 saturated carbocycles. The third-order valence-corrected chi connectivity index (χ3v) is 9.95. The van der Waals surface area contributed by atoms with Gasteiger partial charge in [-0.2, -0.15) is 0 Å². The van der Waals surface area contributed by atoms with E-state index in [2.05, 4.69) is 57.4 Å². The Morgan fingerprint density at radius 2 is 1.66 bits per heavy atom. The van der Waals surface area contributed by atoms with Crippen molar-refractivity contribution >= 4 is 34.7 Å². The van der Waals surface area contributed by atoms with Crippen LogP contribution in [0.25, 0.3) is 5.00 Å². The average molecular weight is 654 g/mol. The van der Waals surface area contributed by atoms with Crippen LogP contribution >= 0.6 is 11.3 Å². The van der Waals surface area contributed by atoms with Crippen molar-refractivity contribution in [3.8, 4) is 22.5 Å². The second kappa shape index (κ2) is 12.4. The first-order valence-corrected chi connectivity index (χ1v) is 16.3. The minimum absolute atomic E-state index is 0.230. The standard InChI is InChI=1S/C35H35N5O6S/c1-37(2)24-13-9-22(10-14-24)33-28-7-5-19-38(28)34-27(26-6-3-4-8-29(26)47-34)20-39(33)35(44)36-23-11-15-25(16-12-23)45-21-32(43)46-40-30(41)17-18-31(40)42/h5,7,9-19,33,41-42H,3-4,6,8,20-21H2,1-2H3,(H,36,44). The van der Waals surface area contributed by atoms with Gasteiger partial charge in [0.25, 0.3) is 0 Å². The van der Waals surface area contributed by atoms with Gasteiger partial charge in [-0.3, -0.25) is 0 Å². The molecule has 3 aromatic heterocycles. The van der Waals surface area contributed by atoms with Crippen LogP contribution < -0.4 is 19.8 Å². The minimum Gasteiger partial charge on any atom is -0.492 e. The van der Waals surface area contributed by atoms with Gasteiger partial charge in [0.2, 0.25) is 11.8 Å². The summed E-state index contributed by atoms with van der Waals surface area (Å²) in [4.78, 5) is 36.8. The molecule has 2 aromatic carbocycles. The quantitative estimate of drug-likeness (QED) is 0.201. The number of aromatic hydroxyl groups is 2. The van der Waals surface area contributed by atoms with Gasteiger partial charge in [-0.1, -0.05) is 12.1 Å². The summed E-state index contributed by atoms with van der Waals surface area (Å²) in [5, 5.41) is 23.6. The van der Waals surface area contributed by atoms with Crippen molar-refractivity contribution in [1.29, 1.82) is 0 Å². The molecule has 47 heavy (non-hydrogen) atoms. The van der Waals surface area contributed by atoms with Crippen LogP contribution in [0.15, 0.2) is 79.0 Å². The van der Waals surface area contributed by atoms with Gasteiger partial charge in [-0.05, 0) is 85.3 Å². The molecule has 1 unspecified atom stereocenters. The Balaban J connectivity index is 1.13. The average Bonchev–Trinajstić information content (AvgIpc) is 3.76. The lowest BCUT2D eigenvalue weighted by atomic mass is 9.95. The fourth-order valence-corrected chi connectivity index (χ4v) is 7.69. The van der Waals surface area contributed by atoms with E-state index in [1.807, 2.05) is 30.3 Å². The molecule has 242 valence electrons. The number of carbonyl (C=O) groups excluding carboxylic acids is 2. The number of nitrogens with one attached hydrogen (secondary N) is 1. The number of hydrogen-bond acceptors (Lipinski definition) is 8. The summed E-state index contributed by atoms with van der Waals surface area (Å²) in [5.74, 6) is -1.29. The summed E-state index contributed by atoms with van der Waals surface area (Å²) in [5.41, 5.74) is 6.32. The number of aromatic nitrogens is 2. The largest absolute Gasteiger partial charge is 0.492 e. The molecule has 1 atom stereocenters. The lowest BCUT2D eigenvalue weighted by molar-refractivity contribution is -0.147. The number of rotatable bonds is 7. The molecule has 0 bridgehead atoms. The number of amides is 2. The number of hydrogen-bond donors (Lipinski definition) is 3. The molecule has 5 aromatic rings. The first-order valence-electron chi connectivity index (χ1n) is 15.5. The van der Waals surface area contributed by atoms with Crippen LogP contribution in [-0.2, 0) is 24.2 Å². The number of ether oxygens (including phenoxy) is 1. The van der Waals surface area contributed by atoms with E-state index in [1.54, 1.807) is 24.3 Å². The molecule has 3 N–H and O–H groups in total. The van der Waals surface area contributed by atoms with E-state index in [9.17, 15) is 19.8 Å². The molecule has 1 aliphatic carbocycles. The Hall–Kier alpha value is -5.36. The normalized spacial score (nSPS) is 15.2. The first-order chi connectivity index (χ1) is 22.8. The van der Waals surface area contributed by atoms with Crippen molar-refractivity contribution in [3.63, 3.8) is 0 Å². The summed E-state index contributed by atoms with van der Waals surface area (Å²) in [6.45, 7) is 0.0162. The highest BCUT2D eigenvalue weighted by molar-refractivity contribution is 7.15. The number of anilines is 2. The van der Waals surface area contributed by atoms with Crippen LogP contribution in [0.1, 0.15) is 46.1 Å². The summed E-state index contributed by atoms with van der Waals surface area (Å²) < 4.78 is 8.39. The van der Waals surface area contributed by atoms with Crippen LogP contribution in [0.5, 0.6) is 17.5 Å².